The fourth-order valence-corrected chi connectivity index (χ4v) is 4.85. The number of imide groups is 1. The number of likely N-dealkylation sites (tertiary alicyclic amines) is 1. The summed E-state index contributed by atoms with van der Waals surface area (Å²) >= 11 is 0. The molecule has 0 aliphatic carbocycles. The fourth-order valence-electron chi connectivity index (χ4n) is 4.85. The van der Waals surface area contributed by atoms with E-state index in [0.717, 1.165) is 4.90 Å². The van der Waals surface area contributed by atoms with Crippen molar-refractivity contribution in [3.8, 4) is 11.5 Å². The maximum absolute atomic E-state index is 12.8. The molecule has 0 aromatic heterocycles. The van der Waals surface area contributed by atoms with Crippen molar-refractivity contribution < 1.29 is 28.7 Å². The topological polar surface area (TPSA) is 93.2 Å². The molecule has 2 aromatic rings. The lowest BCUT2D eigenvalue weighted by atomic mass is 9.82. The zero-order valence-electron chi connectivity index (χ0n) is 18.3. The SMILES string of the molecule is COc1ccc2c(c1)C(=O)CC1(CCN(C(=O)CCN3C(=O)c4ccccc4C3=O)CC1)O2. The summed E-state index contributed by atoms with van der Waals surface area (Å²) in [6.07, 6.45) is 1.43. The first-order valence-electron chi connectivity index (χ1n) is 11.0. The van der Waals surface area contributed by atoms with E-state index in [1.165, 1.54) is 0 Å². The number of piperidine rings is 1. The summed E-state index contributed by atoms with van der Waals surface area (Å²) in [6.45, 7) is 0.969. The van der Waals surface area contributed by atoms with Crippen LogP contribution in [-0.2, 0) is 4.79 Å². The molecule has 1 spiro atoms. The largest absolute Gasteiger partial charge is 0.497 e. The van der Waals surface area contributed by atoms with E-state index in [4.69, 9.17) is 9.47 Å². The second kappa shape index (κ2) is 8.03. The molecule has 8 heteroatoms. The second-order valence-electron chi connectivity index (χ2n) is 8.69. The Labute approximate surface area is 191 Å². The van der Waals surface area contributed by atoms with Crippen LogP contribution in [-0.4, -0.2) is 65.6 Å². The number of fused-ring (bicyclic) bond motifs is 2. The minimum Gasteiger partial charge on any atom is -0.497 e. The number of Topliss-reactive ketones (excluding diaryl/α,β-unsaturated/α-hetero) is 1. The minimum absolute atomic E-state index is 0.0144. The van der Waals surface area contributed by atoms with Crippen LogP contribution in [0.1, 0.15) is 56.8 Å². The molecule has 1 saturated heterocycles. The summed E-state index contributed by atoms with van der Waals surface area (Å²) in [5, 5.41) is 0. The molecular weight excluding hydrogens is 424 g/mol. The van der Waals surface area contributed by atoms with Crippen molar-refractivity contribution in [1.29, 1.82) is 0 Å². The molecule has 0 N–H and O–H groups in total. The first-order valence-corrected chi connectivity index (χ1v) is 11.0. The van der Waals surface area contributed by atoms with Crippen molar-refractivity contribution >= 4 is 23.5 Å². The Hall–Kier alpha value is -3.68. The van der Waals surface area contributed by atoms with Gasteiger partial charge in [0.05, 0.1) is 30.2 Å². The summed E-state index contributed by atoms with van der Waals surface area (Å²) in [4.78, 5) is 53.4. The van der Waals surface area contributed by atoms with Crippen molar-refractivity contribution in [2.75, 3.05) is 26.7 Å². The molecule has 0 bridgehead atoms. The van der Waals surface area contributed by atoms with Gasteiger partial charge >= 0.3 is 0 Å². The van der Waals surface area contributed by atoms with Crippen molar-refractivity contribution in [1.82, 2.24) is 9.80 Å². The average molecular weight is 448 g/mol. The molecule has 3 amide bonds. The lowest BCUT2D eigenvalue weighted by molar-refractivity contribution is -0.134. The third-order valence-corrected chi connectivity index (χ3v) is 6.75. The van der Waals surface area contributed by atoms with E-state index in [1.54, 1.807) is 54.5 Å². The van der Waals surface area contributed by atoms with E-state index in [2.05, 4.69) is 0 Å². The monoisotopic (exact) mass is 448 g/mol. The van der Waals surface area contributed by atoms with Gasteiger partial charge in [0.15, 0.2) is 5.78 Å². The van der Waals surface area contributed by atoms with Crippen molar-refractivity contribution in [2.24, 2.45) is 0 Å². The lowest BCUT2D eigenvalue weighted by Gasteiger charge is -2.44. The van der Waals surface area contributed by atoms with Gasteiger partial charge in [0.25, 0.3) is 11.8 Å². The number of benzene rings is 2. The van der Waals surface area contributed by atoms with Crippen molar-refractivity contribution in [3.05, 3.63) is 59.2 Å². The number of ether oxygens (including phenoxy) is 2. The van der Waals surface area contributed by atoms with Crippen LogP contribution < -0.4 is 9.47 Å². The number of amides is 3. The van der Waals surface area contributed by atoms with E-state index < -0.39 is 5.60 Å². The molecule has 3 aliphatic heterocycles. The molecule has 33 heavy (non-hydrogen) atoms. The van der Waals surface area contributed by atoms with Crippen LogP contribution in [0.2, 0.25) is 0 Å². The van der Waals surface area contributed by atoms with Crippen LogP contribution in [0.4, 0.5) is 0 Å². The highest BCUT2D eigenvalue weighted by Gasteiger charge is 2.44. The number of methoxy groups -OCH3 is 1. The number of hydrogen-bond donors (Lipinski definition) is 0. The molecule has 3 aliphatic rings. The molecule has 0 saturated carbocycles. The van der Waals surface area contributed by atoms with E-state index in [0.29, 0.717) is 54.1 Å². The predicted octanol–water partition coefficient (Wildman–Crippen LogP) is 2.71. The van der Waals surface area contributed by atoms with Crippen LogP contribution >= 0.6 is 0 Å². The van der Waals surface area contributed by atoms with Crippen LogP contribution in [0.25, 0.3) is 0 Å². The zero-order chi connectivity index (χ0) is 23.2. The van der Waals surface area contributed by atoms with E-state index in [9.17, 15) is 19.2 Å². The second-order valence-corrected chi connectivity index (χ2v) is 8.69. The fraction of sp³-hybridized carbons (Fsp3) is 0.360. The predicted molar refractivity (Wildman–Crippen MR) is 118 cm³/mol. The summed E-state index contributed by atoms with van der Waals surface area (Å²) in [5.74, 6) is 0.350. The number of hydrogen-bond acceptors (Lipinski definition) is 6. The van der Waals surface area contributed by atoms with Crippen LogP contribution in [0.5, 0.6) is 11.5 Å². The Morgan fingerprint density at radius 1 is 1.00 bits per heavy atom. The summed E-state index contributed by atoms with van der Waals surface area (Å²) in [7, 11) is 1.55. The Bertz CT molecular complexity index is 1130. The van der Waals surface area contributed by atoms with Gasteiger partial charge in [-0.2, -0.15) is 0 Å². The number of ketones is 1. The summed E-state index contributed by atoms with van der Waals surface area (Å²) < 4.78 is 11.5. The van der Waals surface area contributed by atoms with E-state index in [-0.39, 0.29) is 42.9 Å². The molecule has 1 fully saturated rings. The Morgan fingerprint density at radius 2 is 1.67 bits per heavy atom. The molecular formula is C25H24N2O6. The molecule has 3 heterocycles. The highest BCUT2D eigenvalue weighted by Crippen LogP contribution is 2.40. The Morgan fingerprint density at radius 3 is 2.30 bits per heavy atom. The number of nitrogens with zero attached hydrogens (tertiary/aromatic N) is 2. The molecule has 2 aromatic carbocycles. The zero-order valence-corrected chi connectivity index (χ0v) is 18.3. The van der Waals surface area contributed by atoms with Crippen LogP contribution in [0.3, 0.4) is 0 Å². The minimum atomic E-state index is -0.613. The quantitative estimate of drug-likeness (QED) is 0.668. The van der Waals surface area contributed by atoms with E-state index in [1.807, 2.05) is 0 Å². The first kappa shape index (κ1) is 21.2. The standard InChI is InChI=1S/C25H24N2O6/c1-32-16-6-7-21-19(14-16)20(28)15-25(33-21)9-12-26(13-10-25)22(29)8-11-27-23(30)17-4-2-3-5-18(17)24(27)31/h2-7,14H,8-13,15H2,1H3. The number of carbonyl (C=O) groups is 4. The lowest BCUT2D eigenvalue weighted by Crippen LogP contribution is -2.52. The van der Waals surface area contributed by atoms with Crippen LogP contribution in [0, 0.1) is 0 Å². The molecule has 8 nitrogen and oxygen atoms in total. The van der Waals surface area contributed by atoms with Gasteiger partial charge in [-0.25, -0.2) is 0 Å². The highest BCUT2D eigenvalue weighted by atomic mass is 16.5. The van der Waals surface area contributed by atoms with Gasteiger partial charge in [-0.1, -0.05) is 12.1 Å². The number of rotatable bonds is 4. The Kier molecular flexibility index (Phi) is 5.15. The van der Waals surface area contributed by atoms with Crippen molar-refractivity contribution in [3.63, 3.8) is 0 Å². The van der Waals surface area contributed by atoms with Gasteiger partial charge in [0, 0.05) is 38.9 Å². The first-order chi connectivity index (χ1) is 15.9. The van der Waals surface area contributed by atoms with Crippen molar-refractivity contribution in [2.45, 2.75) is 31.3 Å². The normalized spacial score (nSPS) is 18.8. The smallest absolute Gasteiger partial charge is 0.261 e. The Balaban J connectivity index is 1.19. The van der Waals surface area contributed by atoms with Gasteiger partial charge in [-0.3, -0.25) is 24.1 Å². The van der Waals surface area contributed by atoms with Gasteiger partial charge in [-0.15, -0.1) is 0 Å². The van der Waals surface area contributed by atoms with E-state index >= 15 is 0 Å². The van der Waals surface area contributed by atoms with Gasteiger partial charge < -0.3 is 14.4 Å². The van der Waals surface area contributed by atoms with Gasteiger partial charge in [-0.05, 0) is 30.3 Å². The third kappa shape index (κ3) is 3.65. The van der Waals surface area contributed by atoms with Gasteiger partial charge in [0.1, 0.15) is 17.1 Å². The maximum atomic E-state index is 12.8. The molecule has 0 atom stereocenters. The molecule has 0 unspecified atom stereocenters. The van der Waals surface area contributed by atoms with Gasteiger partial charge in [0.2, 0.25) is 5.91 Å². The van der Waals surface area contributed by atoms with Crippen LogP contribution in [0.15, 0.2) is 42.5 Å². The number of carbonyl (C=O) groups excluding carboxylic acids is 4. The molecule has 0 radical (unpaired) electrons. The molecule has 170 valence electrons. The summed E-state index contributed by atoms with van der Waals surface area (Å²) in [6, 6.07) is 11.9. The third-order valence-electron chi connectivity index (χ3n) is 6.75. The maximum Gasteiger partial charge on any atom is 0.261 e. The average Bonchev–Trinajstić information content (AvgIpc) is 3.07. The summed E-state index contributed by atoms with van der Waals surface area (Å²) in [5.41, 5.74) is 0.677. The molecule has 5 rings (SSSR count). The highest BCUT2D eigenvalue weighted by molar-refractivity contribution is 6.21.